The van der Waals surface area contributed by atoms with E-state index in [4.69, 9.17) is 22.4 Å². The maximum Gasteiger partial charge on any atom is 0.159 e. The quantitative estimate of drug-likeness (QED) is 0.0887. The maximum atomic E-state index is 9.24. The Morgan fingerprint density at radius 3 is 1.04 bits per heavy atom. The number of para-hydroxylation sites is 9. The molecule has 0 bridgehead atoms. The highest BCUT2D eigenvalue weighted by Crippen LogP contribution is 2.58. The van der Waals surface area contributed by atoms with E-state index in [0.29, 0.717) is 34.0 Å². The van der Waals surface area contributed by atoms with Gasteiger partial charge in [-0.2, -0.15) is 0 Å². The van der Waals surface area contributed by atoms with Gasteiger partial charge in [0.1, 0.15) is 39.7 Å². The Morgan fingerprint density at radius 2 is 0.535 bits per heavy atom. The summed E-state index contributed by atoms with van der Waals surface area (Å²) in [7, 11) is 0. The predicted molar refractivity (Wildman–Crippen MR) is 603 cm³/mol. The Bertz CT molecular complexity index is 9950. The SMILES string of the molecule is Cc1ccc2c(-c3ccc(N(c4ccccc4)c4ccccc4-c4ccccc4)cc3)cc3c4cc(C)cc5c4c(cc3c2c1)-c1ccc(N(c2ccccc2)c2ccc3oc4ccccc4c3c2)cc1O5.[2H]c1c([2H])c([2H])c(N(c2ccc3c(c2)Oc2cc(C)cc4c2c-3cc2c3cc(C)ccc3c(-c3ccc(N(c5ccccc5)c5ccccc5-c5ccccc5)cc3)cc42)c2cccc3c2oc2ccccc23)c([2H])c1[2H]. The summed E-state index contributed by atoms with van der Waals surface area (Å²) in [6.45, 7) is 8.61. The topological polar surface area (TPSA) is 57.7 Å². The second kappa shape index (κ2) is 34.7. The predicted octanol–water partition coefficient (Wildman–Crippen LogP) is 39.4. The Morgan fingerprint density at radius 1 is 0.181 bits per heavy atom. The molecule has 2 aliphatic heterocycles. The van der Waals surface area contributed by atoms with E-state index in [9.17, 15) is 2.74 Å². The van der Waals surface area contributed by atoms with Crippen LogP contribution in [-0.4, -0.2) is 0 Å². The summed E-state index contributed by atoms with van der Waals surface area (Å²) in [4.78, 5) is 8.72. The van der Waals surface area contributed by atoms with E-state index < -0.39 is 18.1 Å². The summed E-state index contributed by atoms with van der Waals surface area (Å²) in [5, 5.41) is 17.7. The molecule has 0 fully saturated rings. The van der Waals surface area contributed by atoms with Crippen molar-refractivity contribution in [2.75, 3.05) is 19.6 Å². The van der Waals surface area contributed by atoms with Gasteiger partial charge in [-0.3, -0.25) is 0 Å². The fourth-order valence-electron chi connectivity index (χ4n) is 22.2. The zero-order valence-corrected chi connectivity index (χ0v) is 79.2. The number of hydrogen-bond donors (Lipinski definition) is 0. The monoisotopic (exact) mass is 1850 g/mol. The number of rotatable bonds is 16. The normalized spacial score (nSPS) is 12.3. The maximum absolute atomic E-state index is 9.24. The molecule has 28 rings (SSSR count). The largest absolute Gasteiger partial charge is 0.456 e. The molecule has 0 aliphatic carbocycles. The van der Waals surface area contributed by atoms with Crippen molar-refractivity contribution < 1.29 is 25.2 Å². The van der Waals surface area contributed by atoms with Gasteiger partial charge in [0.25, 0.3) is 0 Å². The minimum absolute atomic E-state index is 0.00162. The highest BCUT2D eigenvalue weighted by Gasteiger charge is 2.32. The number of benzene rings is 24. The molecular formula is C136H92N4O4. The van der Waals surface area contributed by atoms with Crippen LogP contribution >= 0.6 is 0 Å². The van der Waals surface area contributed by atoms with Gasteiger partial charge in [-0.25, -0.2) is 0 Å². The molecule has 4 heterocycles. The first-order valence-electron chi connectivity index (χ1n) is 51.4. The lowest BCUT2D eigenvalue weighted by Crippen LogP contribution is -2.11. The molecule has 0 unspecified atom stereocenters. The van der Waals surface area contributed by atoms with Gasteiger partial charge in [-0.05, 0) is 319 Å². The first kappa shape index (κ1) is 79.2. The van der Waals surface area contributed by atoms with Crippen LogP contribution in [0.1, 0.15) is 29.1 Å². The van der Waals surface area contributed by atoms with Gasteiger partial charge in [0.15, 0.2) is 5.58 Å². The standard InChI is InChI=1S/2C68H46N2O2/c1-43-29-35-52-56(46-30-32-49(33-31-46)69(47-19-8-4-9-20-47)62-26-14-12-23-51(62)45-17-6-3-7-18-45)41-59-58(57(52)37-43)42-61-54-36-34-50(40-65(54)71-66-39-44(2)38-60(59)67(61)66)70(48-21-10-5-11-22-48)63-27-16-25-55-53-24-13-15-28-64(53)72-68(55)63;1-43-26-33-53-56(46-27-29-49(30-28-46)70(48-20-10-5-11-21-48)63-24-14-12-22-52(63)45-16-6-3-7-17-45)41-59-58(57(53)36-43)42-62-55-34-31-51(40-66(55)72-67-38-44(2)37-61(59)68(62)67)69(47-18-8-4-9-19-47)50-32-35-65-60(39-50)54-23-13-15-25-64(54)71-65/h2*3-42H,1-2H3/i5D,10D,11D,21D,22D;. The minimum atomic E-state index is -0.466. The lowest BCUT2D eigenvalue weighted by molar-refractivity contribution is 0.486. The van der Waals surface area contributed by atoms with Crippen molar-refractivity contribution in [1.82, 2.24) is 0 Å². The molecule has 680 valence electrons. The van der Waals surface area contributed by atoms with E-state index >= 15 is 0 Å². The second-order valence-corrected chi connectivity index (χ2v) is 37.6. The van der Waals surface area contributed by atoms with Crippen molar-refractivity contribution in [1.29, 1.82) is 0 Å². The third-order valence-corrected chi connectivity index (χ3v) is 28.7. The average Bonchev–Trinajstić information content (AvgIpc) is 1.69. The van der Waals surface area contributed by atoms with Crippen LogP contribution in [0.4, 0.5) is 68.2 Å². The molecule has 2 aliphatic rings. The number of furan rings is 2. The van der Waals surface area contributed by atoms with Crippen LogP contribution < -0.4 is 29.1 Å². The number of aryl methyl sites for hydroxylation is 4. The van der Waals surface area contributed by atoms with Crippen molar-refractivity contribution >= 4 is 177 Å². The van der Waals surface area contributed by atoms with Crippen molar-refractivity contribution in [3.8, 4) is 89.8 Å². The first-order chi connectivity index (χ1) is 73.1. The fourth-order valence-corrected chi connectivity index (χ4v) is 22.2. The van der Waals surface area contributed by atoms with Gasteiger partial charge in [0.2, 0.25) is 0 Å². The molecule has 0 amide bonds. The molecule has 0 spiro atoms. The summed E-state index contributed by atoms with van der Waals surface area (Å²) in [6.07, 6.45) is 0. The van der Waals surface area contributed by atoms with Crippen molar-refractivity contribution in [2.24, 2.45) is 0 Å². The number of fused-ring (bicyclic) bond motifs is 18. The Balaban J connectivity index is 0.000000147. The molecule has 8 heteroatoms. The van der Waals surface area contributed by atoms with Crippen molar-refractivity contribution in [3.05, 3.63) is 507 Å². The van der Waals surface area contributed by atoms with E-state index in [1.165, 1.54) is 54.7 Å². The lowest BCUT2D eigenvalue weighted by Gasteiger charge is -2.28. The van der Waals surface area contributed by atoms with E-state index in [2.05, 4.69) is 425 Å². The summed E-state index contributed by atoms with van der Waals surface area (Å²) in [5.41, 5.74) is 31.5. The van der Waals surface area contributed by atoms with Crippen LogP contribution in [-0.2, 0) is 0 Å². The number of hydrogen-bond acceptors (Lipinski definition) is 8. The molecule has 26 aromatic rings. The lowest BCUT2D eigenvalue weighted by atomic mass is 9.85. The van der Waals surface area contributed by atoms with Crippen LogP contribution in [0, 0.1) is 27.7 Å². The number of ether oxygens (including phenoxy) is 2. The summed E-state index contributed by atoms with van der Waals surface area (Å²) in [5.74, 6) is 2.98. The molecule has 2 aromatic heterocycles. The minimum Gasteiger partial charge on any atom is -0.456 e. The summed E-state index contributed by atoms with van der Waals surface area (Å²) in [6, 6.07) is 159. The third kappa shape index (κ3) is 14.5. The molecule has 0 radical (unpaired) electrons. The van der Waals surface area contributed by atoms with Gasteiger partial charge >= 0.3 is 0 Å². The molecule has 144 heavy (non-hydrogen) atoms. The molecule has 24 aromatic carbocycles. The Kier molecular flexibility index (Phi) is 19.1. The van der Waals surface area contributed by atoms with Crippen LogP contribution in [0.25, 0.3) is 175 Å². The third-order valence-electron chi connectivity index (χ3n) is 28.7. The molecular weight excluding hydrogens is 1750 g/mol. The summed E-state index contributed by atoms with van der Waals surface area (Å²) < 4.78 is 71.3. The van der Waals surface area contributed by atoms with E-state index in [1.54, 1.807) is 4.90 Å². The average molecular weight is 1850 g/mol. The summed E-state index contributed by atoms with van der Waals surface area (Å²) >= 11 is 0. The molecule has 0 atom stereocenters. The first-order valence-corrected chi connectivity index (χ1v) is 48.9. The number of nitrogens with zero attached hydrogens (tertiary/aromatic N) is 4. The smallest absolute Gasteiger partial charge is 0.159 e. The van der Waals surface area contributed by atoms with E-state index in [0.717, 1.165) is 194 Å². The Labute approximate surface area is 840 Å². The van der Waals surface area contributed by atoms with Gasteiger partial charge in [0, 0.05) is 112 Å². The van der Waals surface area contributed by atoms with Gasteiger partial charge < -0.3 is 37.9 Å². The highest BCUT2D eigenvalue weighted by molar-refractivity contribution is 6.28. The van der Waals surface area contributed by atoms with Crippen LogP contribution in [0.15, 0.2) is 494 Å². The van der Waals surface area contributed by atoms with Gasteiger partial charge in [-0.1, -0.05) is 302 Å². The van der Waals surface area contributed by atoms with Crippen LogP contribution in [0.5, 0.6) is 23.0 Å². The van der Waals surface area contributed by atoms with Crippen LogP contribution in [0.2, 0.25) is 0 Å². The Hall–Kier alpha value is -18.8. The molecule has 0 N–H and O–H groups in total. The van der Waals surface area contributed by atoms with Crippen LogP contribution in [0.3, 0.4) is 0 Å². The molecule has 0 saturated carbocycles. The highest BCUT2D eigenvalue weighted by atomic mass is 16.5. The van der Waals surface area contributed by atoms with Gasteiger partial charge in [-0.15, -0.1) is 0 Å². The zero-order valence-electron chi connectivity index (χ0n) is 84.2. The van der Waals surface area contributed by atoms with E-state index in [1.807, 2.05) is 72.8 Å². The fraction of sp³-hybridized carbons (Fsp3) is 0.0294. The van der Waals surface area contributed by atoms with Crippen molar-refractivity contribution in [3.63, 3.8) is 0 Å². The zero-order chi connectivity index (χ0) is 100. The van der Waals surface area contributed by atoms with Gasteiger partial charge in [0.05, 0.1) is 29.6 Å². The molecule has 8 nitrogen and oxygen atoms in total. The number of anilines is 12. The van der Waals surface area contributed by atoms with Crippen molar-refractivity contribution in [2.45, 2.75) is 27.7 Å². The van der Waals surface area contributed by atoms with E-state index in [-0.39, 0.29) is 17.8 Å². The second-order valence-electron chi connectivity index (χ2n) is 37.6. The molecule has 0 saturated heterocycles.